The Balaban J connectivity index is 1.72. The first-order valence-electron chi connectivity index (χ1n) is 11.1. The summed E-state index contributed by atoms with van der Waals surface area (Å²) in [6.45, 7) is 8.41. The number of nitrogens with zero attached hydrogens (tertiary/aromatic N) is 5. The van der Waals surface area contributed by atoms with E-state index >= 15 is 0 Å². The van der Waals surface area contributed by atoms with Crippen LogP contribution in [-0.4, -0.2) is 59.0 Å². The molecule has 164 valence electrons. The molecule has 1 saturated heterocycles. The predicted octanol–water partition coefficient (Wildman–Crippen LogP) is 3.12. The van der Waals surface area contributed by atoms with Crippen molar-refractivity contribution in [2.75, 3.05) is 33.4 Å². The van der Waals surface area contributed by atoms with Crippen molar-refractivity contribution in [3.8, 4) is 0 Å². The van der Waals surface area contributed by atoms with E-state index in [0.717, 1.165) is 63.1 Å². The van der Waals surface area contributed by atoms with Crippen LogP contribution < -0.4 is 5.32 Å². The normalized spacial score (nSPS) is 19.9. The summed E-state index contributed by atoms with van der Waals surface area (Å²) < 4.78 is 7.20. The zero-order chi connectivity index (χ0) is 21.3. The fourth-order valence-corrected chi connectivity index (χ4v) is 4.20. The van der Waals surface area contributed by atoms with Gasteiger partial charge >= 0.3 is 0 Å². The van der Waals surface area contributed by atoms with E-state index < -0.39 is 0 Å². The fourth-order valence-electron chi connectivity index (χ4n) is 4.20. The number of nitrogens with one attached hydrogen (secondary N) is 1. The summed E-state index contributed by atoms with van der Waals surface area (Å²) in [5.74, 6) is 3.99. The second-order valence-corrected chi connectivity index (χ2v) is 8.06. The minimum atomic E-state index is 0.527. The lowest BCUT2D eigenvalue weighted by Crippen LogP contribution is -2.48. The summed E-state index contributed by atoms with van der Waals surface area (Å²) in [5.41, 5.74) is 1.46. The first-order chi connectivity index (χ1) is 14.6. The van der Waals surface area contributed by atoms with Crippen LogP contribution in [0.2, 0.25) is 0 Å². The average molecular weight is 413 g/mol. The molecule has 0 amide bonds. The molecule has 0 aliphatic carbocycles. The van der Waals surface area contributed by atoms with E-state index in [9.17, 15) is 0 Å². The zero-order valence-corrected chi connectivity index (χ0v) is 18.8. The van der Waals surface area contributed by atoms with E-state index in [1.165, 1.54) is 5.56 Å². The SMILES string of the molecule is CCC1CN(C(=NCc2nnc(C)n2C)NCCCOC)CCC1c1ccccc1. The number of benzene rings is 1. The number of piperidine rings is 1. The van der Waals surface area contributed by atoms with Gasteiger partial charge in [-0.2, -0.15) is 0 Å². The van der Waals surface area contributed by atoms with Gasteiger partial charge in [0.15, 0.2) is 11.8 Å². The molecule has 0 saturated carbocycles. The molecule has 2 heterocycles. The Labute approximate surface area is 180 Å². The summed E-state index contributed by atoms with van der Waals surface area (Å²) in [5, 5.41) is 12.0. The minimum absolute atomic E-state index is 0.527. The molecule has 30 heavy (non-hydrogen) atoms. The number of methoxy groups -OCH3 is 1. The Hall–Kier alpha value is -2.41. The van der Waals surface area contributed by atoms with Crippen LogP contribution in [0.1, 0.15) is 49.3 Å². The number of aromatic nitrogens is 3. The van der Waals surface area contributed by atoms with E-state index in [0.29, 0.717) is 18.4 Å². The summed E-state index contributed by atoms with van der Waals surface area (Å²) in [7, 11) is 3.73. The lowest BCUT2D eigenvalue weighted by Gasteiger charge is -2.40. The van der Waals surface area contributed by atoms with Crippen LogP contribution in [0.3, 0.4) is 0 Å². The molecule has 2 atom stereocenters. The molecule has 2 unspecified atom stereocenters. The smallest absolute Gasteiger partial charge is 0.194 e. The quantitative estimate of drug-likeness (QED) is 0.410. The van der Waals surface area contributed by atoms with Gasteiger partial charge < -0.3 is 19.5 Å². The molecule has 2 aromatic rings. The third-order valence-corrected chi connectivity index (χ3v) is 6.15. The number of likely N-dealkylation sites (tertiary alicyclic amines) is 1. The molecule has 0 radical (unpaired) electrons. The number of hydrogen-bond acceptors (Lipinski definition) is 4. The molecule has 7 nitrogen and oxygen atoms in total. The first kappa shape index (κ1) is 22.3. The van der Waals surface area contributed by atoms with Crippen molar-refractivity contribution in [1.82, 2.24) is 25.0 Å². The summed E-state index contributed by atoms with van der Waals surface area (Å²) in [4.78, 5) is 7.34. The van der Waals surface area contributed by atoms with Crippen LogP contribution in [0, 0.1) is 12.8 Å². The molecule has 1 aliphatic rings. The molecule has 1 aromatic heterocycles. The molecular formula is C23H36N6O. The highest BCUT2D eigenvalue weighted by Gasteiger charge is 2.30. The van der Waals surface area contributed by atoms with Gasteiger partial charge in [0, 0.05) is 40.4 Å². The highest BCUT2D eigenvalue weighted by molar-refractivity contribution is 5.80. The summed E-state index contributed by atoms with van der Waals surface area (Å²) >= 11 is 0. The maximum absolute atomic E-state index is 5.20. The van der Waals surface area contributed by atoms with E-state index in [1.807, 2.05) is 18.5 Å². The highest BCUT2D eigenvalue weighted by atomic mass is 16.5. The second kappa shape index (κ2) is 11.1. The van der Waals surface area contributed by atoms with Gasteiger partial charge in [-0.05, 0) is 37.2 Å². The third kappa shape index (κ3) is 5.59. The lowest BCUT2D eigenvalue weighted by molar-refractivity contribution is 0.193. The molecular weight excluding hydrogens is 376 g/mol. The standard InChI is InChI=1S/C23H36N6O/c1-5-19-17-29(14-12-21(19)20-10-7-6-8-11-20)23(24-13-9-15-30-4)25-16-22-27-26-18(2)28(22)3/h6-8,10-11,19,21H,5,9,12-17H2,1-4H3,(H,24,25). The Bertz CT molecular complexity index is 803. The predicted molar refractivity (Wildman–Crippen MR) is 121 cm³/mol. The van der Waals surface area contributed by atoms with Crippen molar-refractivity contribution in [2.45, 2.75) is 45.6 Å². The topological polar surface area (TPSA) is 67.6 Å². The Kier molecular flexibility index (Phi) is 8.25. The fraction of sp³-hybridized carbons (Fsp3) is 0.609. The Morgan fingerprint density at radius 1 is 1.27 bits per heavy atom. The van der Waals surface area contributed by atoms with Gasteiger partial charge in [-0.15, -0.1) is 10.2 Å². The molecule has 0 bridgehead atoms. The largest absolute Gasteiger partial charge is 0.385 e. The summed E-state index contributed by atoms with van der Waals surface area (Å²) in [6, 6.07) is 11.0. The molecule has 1 aromatic carbocycles. The number of ether oxygens (including phenoxy) is 1. The Morgan fingerprint density at radius 3 is 2.73 bits per heavy atom. The van der Waals surface area contributed by atoms with Crippen molar-refractivity contribution in [1.29, 1.82) is 0 Å². The monoisotopic (exact) mass is 412 g/mol. The van der Waals surface area contributed by atoms with Crippen LogP contribution in [0.5, 0.6) is 0 Å². The summed E-state index contributed by atoms with van der Waals surface area (Å²) in [6.07, 6.45) is 3.26. The molecule has 0 spiro atoms. The molecule has 7 heteroatoms. The molecule has 3 rings (SSSR count). The third-order valence-electron chi connectivity index (χ3n) is 6.15. The Morgan fingerprint density at radius 2 is 2.07 bits per heavy atom. The first-order valence-corrected chi connectivity index (χ1v) is 11.1. The van der Waals surface area contributed by atoms with Crippen molar-refractivity contribution in [3.05, 3.63) is 47.5 Å². The van der Waals surface area contributed by atoms with Crippen LogP contribution >= 0.6 is 0 Å². The van der Waals surface area contributed by atoms with Crippen LogP contribution in [0.4, 0.5) is 0 Å². The van der Waals surface area contributed by atoms with Crippen molar-refractivity contribution in [3.63, 3.8) is 0 Å². The van der Waals surface area contributed by atoms with Crippen molar-refractivity contribution in [2.24, 2.45) is 18.0 Å². The van der Waals surface area contributed by atoms with Gasteiger partial charge in [0.2, 0.25) is 0 Å². The van der Waals surface area contributed by atoms with Gasteiger partial charge in [-0.25, -0.2) is 4.99 Å². The van der Waals surface area contributed by atoms with Crippen LogP contribution in [0.15, 0.2) is 35.3 Å². The van der Waals surface area contributed by atoms with Gasteiger partial charge in [0.1, 0.15) is 12.4 Å². The number of hydrogen-bond donors (Lipinski definition) is 1. The zero-order valence-electron chi connectivity index (χ0n) is 18.8. The molecule has 1 aliphatic heterocycles. The van der Waals surface area contributed by atoms with Gasteiger partial charge in [-0.3, -0.25) is 0 Å². The van der Waals surface area contributed by atoms with Gasteiger partial charge in [0.05, 0.1) is 0 Å². The van der Waals surface area contributed by atoms with Gasteiger partial charge in [-0.1, -0.05) is 43.7 Å². The number of aryl methyl sites for hydroxylation is 1. The van der Waals surface area contributed by atoms with E-state index in [4.69, 9.17) is 9.73 Å². The van der Waals surface area contributed by atoms with Crippen molar-refractivity contribution >= 4 is 5.96 Å². The van der Waals surface area contributed by atoms with Crippen LogP contribution in [0.25, 0.3) is 0 Å². The lowest BCUT2D eigenvalue weighted by atomic mass is 9.79. The van der Waals surface area contributed by atoms with E-state index in [1.54, 1.807) is 7.11 Å². The minimum Gasteiger partial charge on any atom is -0.385 e. The number of guanidine groups is 1. The maximum Gasteiger partial charge on any atom is 0.194 e. The number of aliphatic imine (C=N–C) groups is 1. The van der Waals surface area contributed by atoms with Gasteiger partial charge in [0.25, 0.3) is 0 Å². The van der Waals surface area contributed by atoms with Crippen molar-refractivity contribution < 1.29 is 4.74 Å². The van der Waals surface area contributed by atoms with Crippen LogP contribution in [-0.2, 0) is 18.3 Å². The van der Waals surface area contributed by atoms with E-state index in [2.05, 4.69) is 57.7 Å². The molecule has 1 fully saturated rings. The average Bonchev–Trinajstić information content (AvgIpc) is 3.11. The highest BCUT2D eigenvalue weighted by Crippen LogP contribution is 2.34. The maximum atomic E-state index is 5.20. The van der Waals surface area contributed by atoms with E-state index in [-0.39, 0.29) is 0 Å². The second-order valence-electron chi connectivity index (χ2n) is 8.06. The number of rotatable bonds is 8. The molecule has 1 N–H and O–H groups in total.